The van der Waals surface area contributed by atoms with Crippen molar-refractivity contribution in [2.45, 2.75) is 163 Å². The Hall–Kier alpha value is -1.26. The fourth-order valence-corrected chi connectivity index (χ4v) is 6.53. The van der Waals surface area contributed by atoms with Crippen molar-refractivity contribution in [3.8, 4) is 0 Å². The van der Waals surface area contributed by atoms with Crippen molar-refractivity contribution in [3.63, 3.8) is 0 Å². The summed E-state index contributed by atoms with van der Waals surface area (Å²) in [5, 5.41) is 0. The maximum atomic E-state index is 13.6. The molecule has 0 aromatic rings. The molecule has 2 aliphatic rings. The van der Waals surface area contributed by atoms with E-state index in [2.05, 4.69) is 62.3 Å². The number of amides is 1. The fraction of sp³-hybridized carbons (Fsp3) is 0.938. The van der Waals surface area contributed by atoms with Crippen molar-refractivity contribution in [1.29, 1.82) is 0 Å². The highest BCUT2D eigenvalue weighted by Crippen LogP contribution is 2.68. The summed E-state index contributed by atoms with van der Waals surface area (Å²) in [6.45, 7) is 20.9. The van der Waals surface area contributed by atoms with Crippen LogP contribution in [0.15, 0.2) is 0 Å². The average molecular weight is 522 g/mol. The number of ether oxygens (including phenoxy) is 2. The van der Waals surface area contributed by atoms with Crippen LogP contribution in [-0.4, -0.2) is 41.3 Å². The van der Waals surface area contributed by atoms with E-state index in [1.54, 1.807) is 0 Å². The first-order valence-electron chi connectivity index (χ1n) is 15.4. The molecule has 1 saturated carbocycles. The molecule has 1 atom stereocenters. The summed E-state index contributed by atoms with van der Waals surface area (Å²) in [6, 6.07) is 0. The zero-order chi connectivity index (χ0) is 28.0. The van der Waals surface area contributed by atoms with Crippen LogP contribution >= 0.6 is 0 Å². The van der Waals surface area contributed by atoms with Gasteiger partial charge in [0.25, 0.3) is 0 Å². The van der Waals surface area contributed by atoms with Crippen LogP contribution < -0.4 is 0 Å². The zero-order valence-electron chi connectivity index (χ0n) is 25.9. The van der Waals surface area contributed by atoms with Gasteiger partial charge in [-0.3, -0.25) is 4.79 Å². The molecule has 1 aliphatic carbocycles. The Kier molecular flexibility index (Phi) is 11.0. The van der Waals surface area contributed by atoms with E-state index in [4.69, 9.17) is 9.47 Å². The highest BCUT2D eigenvalue weighted by atomic mass is 16.6. The highest BCUT2D eigenvalue weighted by molar-refractivity contribution is 5.82. The van der Waals surface area contributed by atoms with Gasteiger partial charge in [-0.15, -0.1) is 0 Å². The van der Waals surface area contributed by atoms with E-state index in [-0.39, 0.29) is 33.9 Å². The monoisotopic (exact) mass is 521 g/mol. The number of unbranched alkanes of at least 4 members (excludes halogenated alkanes) is 3. The molecule has 1 heterocycles. The molecule has 1 aliphatic heterocycles. The van der Waals surface area contributed by atoms with E-state index >= 15 is 0 Å². The molecule has 37 heavy (non-hydrogen) atoms. The molecule has 0 spiro atoms. The predicted octanol–water partition coefficient (Wildman–Crippen LogP) is 9.07. The summed E-state index contributed by atoms with van der Waals surface area (Å²) in [5.41, 5.74) is -1.17. The van der Waals surface area contributed by atoms with Crippen LogP contribution in [0.1, 0.15) is 152 Å². The quantitative estimate of drug-likeness (QED) is 0.214. The van der Waals surface area contributed by atoms with Crippen molar-refractivity contribution in [1.82, 2.24) is 4.90 Å². The standard InChI is InChI=1S/C32H59NO4/c1-10-14-17-31(18-15-11-2,19-16-12-3)37-27(35)33-22-20-30(13-4,21-23-33)36-26(34)32(24-28(5,6)7)25-29(32,8)9/h10-25H2,1-9H3. The molecule has 0 aromatic carbocycles. The van der Waals surface area contributed by atoms with E-state index < -0.39 is 5.60 Å². The summed E-state index contributed by atoms with van der Waals surface area (Å²) in [6.07, 6.45) is 13.1. The zero-order valence-corrected chi connectivity index (χ0v) is 25.9. The lowest BCUT2D eigenvalue weighted by atomic mass is 9.78. The van der Waals surface area contributed by atoms with Gasteiger partial charge >= 0.3 is 12.1 Å². The number of esters is 1. The third-order valence-electron chi connectivity index (χ3n) is 9.29. The number of hydrogen-bond acceptors (Lipinski definition) is 4. The first-order valence-corrected chi connectivity index (χ1v) is 15.4. The lowest BCUT2D eigenvalue weighted by Crippen LogP contribution is -2.51. The molecular formula is C32H59NO4. The normalized spacial score (nSPS) is 23.0. The van der Waals surface area contributed by atoms with Gasteiger partial charge < -0.3 is 14.4 Å². The molecule has 1 saturated heterocycles. The van der Waals surface area contributed by atoms with Crippen LogP contribution in [0.3, 0.4) is 0 Å². The lowest BCUT2D eigenvalue weighted by Gasteiger charge is -2.43. The van der Waals surface area contributed by atoms with Crippen LogP contribution in [0.4, 0.5) is 4.79 Å². The maximum absolute atomic E-state index is 13.6. The Balaban J connectivity index is 2.07. The number of piperidine rings is 1. The molecule has 2 fully saturated rings. The van der Waals surface area contributed by atoms with Gasteiger partial charge in [-0.1, -0.05) is 81.6 Å². The van der Waals surface area contributed by atoms with E-state index in [9.17, 15) is 9.59 Å². The average Bonchev–Trinajstić information content (AvgIpc) is 3.39. The van der Waals surface area contributed by atoms with Crippen molar-refractivity contribution < 1.29 is 19.1 Å². The lowest BCUT2D eigenvalue weighted by molar-refractivity contribution is -0.175. The summed E-state index contributed by atoms with van der Waals surface area (Å²) in [5.74, 6) is -0.0250. The van der Waals surface area contributed by atoms with Gasteiger partial charge in [0.15, 0.2) is 0 Å². The highest BCUT2D eigenvalue weighted by Gasteiger charge is 2.68. The Labute approximate surface area is 228 Å². The Bertz CT molecular complexity index is 723. The second-order valence-corrected chi connectivity index (χ2v) is 14.2. The molecule has 5 nitrogen and oxygen atoms in total. The SMILES string of the molecule is CCCCC(CCCC)(CCCC)OC(=O)N1CCC(CC)(OC(=O)C2(CC(C)(C)C)CC2(C)C)CC1. The van der Waals surface area contributed by atoms with Crippen molar-refractivity contribution in [2.75, 3.05) is 13.1 Å². The van der Waals surface area contributed by atoms with Gasteiger partial charge in [0, 0.05) is 25.9 Å². The topological polar surface area (TPSA) is 55.8 Å². The van der Waals surface area contributed by atoms with Gasteiger partial charge in [-0.2, -0.15) is 0 Å². The van der Waals surface area contributed by atoms with E-state index in [0.717, 1.165) is 77.0 Å². The second kappa shape index (κ2) is 12.7. The first-order chi connectivity index (χ1) is 17.2. The number of nitrogens with zero attached hydrogens (tertiary/aromatic N) is 1. The molecule has 0 bridgehead atoms. The van der Waals surface area contributed by atoms with E-state index in [0.29, 0.717) is 25.9 Å². The Morgan fingerprint density at radius 3 is 1.65 bits per heavy atom. The third kappa shape index (κ3) is 8.12. The van der Waals surface area contributed by atoms with Gasteiger partial charge in [0.1, 0.15) is 11.2 Å². The van der Waals surface area contributed by atoms with Crippen LogP contribution in [0.2, 0.25) is 0 Å². The first kappa shape index (κ1) is 32.0. The minimum absolute atomic E-state index is 0.0183. The summed E-state index contributed by atoms with van der Waals surface area (Å²) >= 11 is 0. The number of likely N-dealkylation sites (tertiary alicyclic amines) is 1. The van der Waals surface area contributed by atoms with Gasteiger partial charge in [0.2, 0.25) is 0 Å². The second-order valence-electron chi connectivity index (χ2n) is 14.2. The van der Waals surface area contributed by atoms with Crippen LogP contribution in [-0.2, 0) is 14.3 Å². The molecule has 0 aromatic heterocycles. The molecule has 0 N–H and O–H groups in total. The summed E-state index contributed by atoms with van der Waals surface area (Å²) in [7, 11) is 0. The largest absolute Gasteiger partial charge is 0.459 e. The minimum atomic E-state index is -0.485. The summed E-state index contributed by atoms with van der Waals surface area (Å²) < 4.78 is 12.8. The minimum Gasteiger partial charge on any atom is -0.459 e. The van der Waals surface area contributed by atoms with Crippen LogP contribution in [0, 0.1) is 16.2 Å². The smallest absolute Gasteiger partial charge is 0.410 e. The maximum Gasteiger partial charge on any atom is 0.410 e. The fourth-order valence-electron chi connectivity index (χ4n) is 6.53. The molecule has 0 radical (unpaired) electrons. The van der Waals surface area contributed by atoms with Crippen LogP contribution in [0.5, 0.6) is 0 Å². The molecule has 216 valence electrons. The number of carbonyl (C=O) groups is 2. The molecule has 5 heteroatoms. The van der Waals surface area contributed by atoms with E-state index in [1.807, 2.05) is 4.90 Å². The summed E-state index contributed by atoms with van der Waals surface area (Å²) in [4.78, 5) is 28.9. The number of carbonyl (C=O) groups excluding carboxylic acids is 2. The molecular weight excluding hydrogens is 462 g/mol. The molecule has 1 amide bonds. The van der Waals surface area contributed by atoms with E-state index in [1.165, 1.54) is 0 Å². The number of hydrogen-bond donors (Lipinski definition) is 0. The Morgan fingerprint density at radius 1 is 0.838 bits per heavy atom. The van der Waals surface area contributed by atoms with Crippen molar-refractivity contribution >= 4 is 12.1 Å². The van der Waals surface area contributed by atoms with Gasteiger partial charge in [0.05, 0.1) is 5.41 Å². The van der Waals surface area contributed by atoms with Crippen LogP contribution in [0.25, 0.3) is 0 Å². The third-order valence-corrected chi connectivity index (χ3v) is 9.29. The van der Waals surface area contributed by atoms with Crippen molar-refractivity contribution in [2.24, 2.45) is 16.2 Å². The predicted molar refractivity (Wildman–Crippen MR) is 153 cm³/mol. The number of rotatable bonds is 14. The molecule has 1 unspecified atom stereocenters. The van der Waals surface area contributed by atoms with Crippen molar-refractivity contribution in [3.05, 3.63) is 0 Å². The van der Waals surface area contributed by atoms with Gasteiger partial charge in [-0.05, 0) is 68.6 Å². The van der Waals surface area contributed by atoms with Gasteiger partial charge in [-0.25, -0.2) is 4.79 Å². The Morgan fingerprint density at radius 2 is 1.30 bits per heavy atom. The molecule has 2 rings (SSSR count).